The number of carbonyl (C=O) groups is 1. The summed E-state index contributed by atoms with van der Waals surface area (Å²) in [6, 6.07) is 5.89. The molecule has 1 nitrogen and oxygen atoms in total. The van der Waals surface area contributed by atoms with E-state index in [0.29, 0.717) is 0 Å². The molecule has 0 unspecified atom stereocenters. The Morgan fingerprint density at radius 2 is 2.15 bits per heavy atom. The number of carbonyl (C=O) groups excluding carboxylic acids is 1. The first-order chi connectivity index (χ1) is 6.20. The molecule has 2 rings (SSSR count). The van der Waals surface area contributed by atoms with Crippen molar-refractivity contribution in [3.8, 4) is 0 Å². The van der Waals surface area contributed by atoms with Crippen LogP contribution in [0, 0.1) is 6.92 Å². The topological polar surface area (TPSA) is 17.1 Å². The molecule has 66 valence electrons. The second-order valence-corrected chi connectivity index (χ2v) is 4.06. The number of hydrogen-bond donors (Lipinski definition) is 0. The Morgan fingerprint density at radius 1 is 1.38 bits per heavy atom. The van der Waals surface area contributed by atoms with Crippen molar-refractivity contribution in [3.05, 3.63) is 34.7 Å². The average Bonchev–Trinajstić information content (AvgIpc) is 2.48. The van der Waals surface area contributed by atoms with Gasteiger partial charge in [0.2, 0.25) is 0 Å². The zero-order chi connectivity index (χ0) is 9.42. The van der Waals surface area contributed by atoms with Crippen LogP contribution in [0.1, 0.15) is 22.8 Å². The molecule has 0 saturated carbocycles. The number of thiophene rings is 1. The van der Waals surface area contributed by atoms with Gasteiger partial charge in [0, 0.05) is 15.6 Å². The number of ketones is 1. The molecule has 0 fully saturated rings. The van der Waals surface area contributed by atoms with Crippen LogP contribution in [0.25, 0.3) is 10.1 Å². The summed E-state index contributed by atoms with van der Waals surface area (Å²) in [5.41, 5.74) is 2.04. The molecule has 2 heteroatoms. The Balaban J connectivity index is 2.88. The first kappa shape index (κ1) is 8.45. The lowest BCUT2D eigenvalue weighted by Crippen LogP contribution is -1.92. The van der Waals surface area contributed by atoms with Crippen molar-refractivity contribution in [1.82, 2.24) is 0 Å². The van der Waals surface area contributed by atoms with Crippen molar-refractivity contribution in [2.45, 2.75) is 13.8 Å². The molecule has 0 radical (unpaired) electrons. The summed E-state index contributed by atoms with van der Waals surface area (Å²) in [5.74, 6) is 0.145. The molecular weight excluding hydrogens is 180 g/mol. The molecule has 0 aliphatic carbocycles. The van der Waals surface area contributed by atoms with Gasteiger partial charge in [-0.15, -0.1) is 11.3 Å². The smallest absolute Gasteiger partial charge is 0.160 e. The van der Waals surface area contributed by atoms with E-state index in [2.05, 4.69) is 11.4 Å². The van der Waals surface area contributed by atoms with Crippen LogP contribution in [0.15, 0.2) is 23.6 Å². The number of fused-ring (bicyclic) bond motifs is 1. The second kappa shape index (κ2) is 2.96. The molecule has 1 aromatic carbocycles. The number of hydrogen-bond acceptors (Lipinski definition) is 2. The summed E-state index contributed by atoms with van der Waals surface area (Å²) in [7, 11) is 0. The zero-order valence-electron chi connectivity index (χ0n) is 7.63. The Hall–Kier alpha value is -1.15. The highest BCUT2D eigenvalue weighted by molar-refractivity contribution is 7.17. The molecule has 0 atom stereocenters. The van der Waals surface area contributed by atoms with Gasteiger partial charge in [-0.05, 0) is 30.9 Å². The van der Waals surface area contributed by atoms with Crippen molar-refractivity contribution in [2.24, 2.45) is 0 Å². The lowest BCUT2D eigenvalue weighted by Gasteiger charge is -1.98. The molecule has 0 aliphatic heterocycles. The maximum atomic E-state index is 11.3. The summed E-state index contributed by atoms with van der Waals surface area (Å²) < 4.78 is 1.20. The Bertz CT molecular complexity index is 468. The Labute approximate surface area is 81.0 Å². The van der Waals surface area contributed by atoms with Crippen LogP contribution in [-0.4, -0.2) is 5.78 Å². The van der Waals surface area contributed by atoms with Gasteiger partial charge < -0.3 is 0 Å². The van der Waals surface area contributed by atoms with Gasteiger partial charge in [0.25, 0.3) is 0 Å². The molecule has 0 aliphatic rings. The second-order valence-electron chi connectivity index (χ2n) is 3.15. The van der Waals surface area contributed by atoms with Gasteiger partial charge in [0.05, 0.1) is 0 Å². The van der Waals surface area contributed by atoms with E-state index >= 15 is 0 Å². The molecule has 0 spiro atoms. The van der Waals surface area contributed by atoms with E-state index in [0.717, 1.165) is 10.9 Å². The highest BCUT2D eigenvalue weighted by Gasteiger charge is 2.08. The van der Waals surface area contributed by atoms with Crippen LogP contribution in [-0.2, 0) is 0 Å². The monoisotopic (exact) mass is 190 g/mol. The van der Waals surface area contributed by atoms with Crippen LogP contribution in [0.2, 0.25) is 0 Å². The van der Waals surface area contributed by atoms with Crippen molar-refractivity contribution < 1.29 is 4.79 Å². The minimum Gasteiger partial charge on any atom is -0.294 e. The van der Waals surface area contributed by atoms with Crippen LogP contribution >= 0.6 is 11.3 Å². The largest absolute Gasteiger partial charge is 0.294 e. The van der Waals surface area contributed by atoms with Crippen molar-refractivity contribution >= 4 is 27.2 Å². The van der Waals surface area contributed by atoms with Gasteiger partial charge in [0.1, 0.15) is 0 Å². The van der Waals surface area contributed by atoms with Crippen molar-refractivity contribution in [3.63, 3.8) is 0 Å². The van der Waals surface area contributed by atoms with Gasteiger partial charge in [-0.1, -0.05) is 12.1 Å². The van der Waals surface area contributed by atoms with Gasteiger partial charge in [0.15, 0.2) is 5.78 Å². The maximum absolute atomic E-state index is 11.3. The predicted molar refractivity (Wildman–Crippen MR) is 56.6 cm³/mol. The molecule has 0 amide bonds. The Kier molecular flexibility index (Phi) is 1.93. The third kappa shape index (κ3) is 1.27. The summed E-state index contributed by atoms with van der Waals surface area (Å²) in [6.45, 7) is 3.66. The van der Waals surface area contributed by atoms with E-state index in [1.807, 2.05) is 19.1 Å². The SMILES string of the molecule is CC(=O)c1cccc2scc(C)c12. The minimum atomic E-state index is 0.145. The maximum Gasteiger partial charge on any atom is 0.160 e. The molecule has 0 bridgehead atoms. The number of Topliss-reactive ketones (excluding diaryl/α,β-unsaturated/α-hetero) is 1. The predicted octanol–water partition coefficient (Wildman–Crippen LogP) is 3.41. The highest BCUT2D eigenvalue weighted by atomic mass is 32.1. The fraction of sp³-hybridized carbons (Fsp3) is 0.182. The summed E-state index contributed by atoms with van der Waals surface area (Å²) in [5, 5.41) is 3.22. The van der Waals surface area contributed by atoms with E-state index in [-0.39, 0.29) is 5.78 Å². The highest BCUT2D eigenvalue weighted by Crippen LogP contribution is 2.28. The first-order valence-corrected chi connectivity index (χ1v) is 5.06. The number of benzene rings is 1. The third-order valence-corrected chi connectivity index (χ3v) is 3.23. The normalized spacial score (nSPS) is 10.6. The van der Waals surface area contributed by atoms with E-state index < -0.39 is 0 Å². The summed E-state index contributed by atoms with van der Waals surface area (Å²) in [4.78, 5) is 11.3. The molecule has 2 aromatic rings. The molecular formula is C11H10OS. The van der Waals surface area contributed by atoms with E-state index in [1.165, 1.54) is 10.3 Å². The summed E-state index contributed by atoms with van der Waals surface area (Å²) >= 11 is 1.69. The number of aryl methyl sites for hydroxylation is 1. The van der Waals surface area contributed by atoms with Crippen molar-refractivity contribution in [2.75, 3.05) is 0 Å². The number of rotatable bonds is 1. The van der Waals surface area contributed by atoms with E-state index in [1.54, 1.807) is 18.3 Å². The molecule has 1 aromatic heterocycles. The molecule has 0 N–H and O–H groups in total. The zero-order valence-corrected chi connectivity index (χ0v) is 8.44. The lowest BCUT2D eigenvalue weighted by atomic mass is 10.0. The first-order valence-electron chi connectivity index (χ1n) is 4.18. The minimum absolute atomic E-state index is 0.145. The summed E-state index contributed by atoms with van der Waals surface area (Å²) in [6.07, 6.45) is 0. The van der Waals surface area contributed by atoms with Gasteiger partial charge >= 0.3 is 0 Å². The van der Waals surface area contributed by atoms with Crippen LogP contribution < -0.4 is 0 Å². The quantitative estimate of drug-likeness (QED) is 0.630. The molecule has 0 saturated heterocycles. The average molecular weight is 190 g/mol. The van der Waals surface area contributed by atoms with Gasteiger partial charge in [-0.3, -0.25) is 4.79 Å². The standard InChI is InChI=1S/C11H10OS/c1-7-6-13-10-5-3-4-9(8(2)12)11(7)10/h3-6H,1-2H3. The fourth-order valence-electron chi connectivity index (χ4n) is 1.54. The van der Waals surface area contributed by atoms with E-state index in [4.69, 9.17) is 0 Å². The Morgan fingerprint density at radius 3 is 2.85 bits per heavy atom. The fourth-order valence-corrected chi connectivity index (χ4v) is 2.51. The molecule has 13 heavy (non-hydrogen) atoms. The lowest BCUT2D eigenvalue weighted by molar-refractivity contribution is 0.101. The molecule has 1 heterocycles. The van der Waals surface area contributed by atoms with Gasteiger partial charge in [-0.25, -0.2) is 0 Å². The van der Waals surface area contributed by atoms with Gasteiger partial charge in [-0.2, -0.15) is 0 Å². The van der Waals surface area contributed by atoms with Crippen LogP contribution in [0.4, 0.5) is 0 Å². The van der Waals surface area contributed by atoms with Crippen LogP contribution in [0.3, 0.4) is 0 Å². The van der Waals surface area contributed by atoms with E-state index in [9.17, 15) is 4.79 Å². The van der Waals surface area contributed by atoms with Crippen molar-refractivity contribution in [1.29, 1.82) is 0 Å². The van der Waals surface area contributed by atoms with Crippen LogP contribution in [0.5, 0.6) is 0 Å². The third-order valence-electron chi connectivity index (χ3n) is 2.16.